The Hall–Kier alpha value is 0.210. The van der Waals surface area contributed by atoms with Crippen LogP contribution in [0.2, 0.25) is 0 Å². The molecule has 60 valence electrons. The van der Waals surface area contributed by atoms with Crippen LogP contribution in [0.3, 0.4) is 0 Å². The van der Waals surface area contributed by atoms with Crippen molar-refractivity contribution in [2.75, 3.05) is 19.7 Å². The average Bonchev–Trinajstić information content (AvgIpc) is 1.87. The predicted molar refractivity (Wildman–Crippen MR) is 42.7 cm³/mol. The van der Waals surface area contributed by atoms with Gasteiger partial charge in [0.05, 0.1) is 5.60 Å². The summed E-state index contributed by atoms with van der Waals surface area (Å²) in [5, 5.41) is 3.25. The number of hydrogen-bond donors (Lipinski definition) is 1. The van der Waals surface area contributed by atoms with Crippen LogP contribution in [0, 0.1) is 0 Å². The van der Waals surface area contributed by atoms with Gasteiger partial charge < -0.3 is 10.1 Å². The molecule has 2 aliphatic rings. The van der Waals surface area contributed by atoms with Crippen LogP contribution in [0.25, 0.3) is 0 Å². The van der Waals surface area contributed by atoms with Gasteiger partial charge in [0.25, 0.3) is 0 Å². The van der Waals surface area contributed by atoms with Gasteiger partial charge in [0, 0.05) is 19.7 Å². The number of rotatable bonds is 0. The van der Waals surface area contributed by atoms with Gasteiger partial charge in [0.15, 0.2) is 0 Å². The maximum Gasteiger partial charge on any atom is 0.0929 e. The van der Waals surface area contributed by atoms with E-state index in [1.165, 1.54) is 19.3 Å². The quantitative estimate of drug-likeness (QED) is 0.574. The molecule has 1 spiro atoms. The fourth-order valence-corrected chi connectivity index (χ4v) is 1.59. The summed E-state index contributed by atoms with van der Waals surface area (Å²) in [5.41, 5.74) is 0.290. The highest BCUT2D eigenvalue weighted by atomic mass is 35.5. The molecule has 1 N–H and O–H groups in total. The summed E-state index contributed by atoms with van der Waals surface area (Å²) in [6, 6.07) is 0. The van der Waals surface area contributed by atoms with Crippen LogP contribution in [0.1, 0.15) is 19.3 Å². The lowest BCUT2D eigenvalue weighted by molar-refractivity contribution is -0.109. The van der Waals surface area contributed by atoms with Crippen molar-refractivity contribution in [2.24, 2.45) is 0 Å². The van der Waals surface area contributed by atoms with Crippen LogP contribution in [-0.2, 0) is 4.74 Å². The Morgan fingerprint density at radius 2 is 2.00 bits per heavy atom. The van der Waals surface area contributed by atoms with Gasteiger partial charge in [-0.2, -0.15) is 0 Å². The van der Waals surface area contributed by atoms with Crippen molar-refractivity contribution in [3.63, 3.8) is 0 Å². The molecule has 0 aromatic carbocycles. The van der Waals surface area contributed by atoms with Crippen molar-refractivity contribution in [1.82, 2.24) is 5.32 Å². The smallest absolute Gasteiger partial charge is 0.0929 e. The summed E-state index contributed by atoms with van der Waals surface area (Å²) in [7, 11) is 0. The van der Waals surface area contributed by atoms with Gasteiger partial charge in [0.2, 0.25) is 0 Å². The van der Waals surface area contributed by atoms with Crippen LogP contribution >= 0.6 is 12.4 Å². The van der Waals surface area contributed by atoms with Gasteiger partial charge >= 0.3 is 0 Å². The van der Waals surface area contributed by atoms with Gasteiger partial charge in [-0.05, 0) is 19.3 Å². The molecule has 3 heteroatoms. The first-order valence-corrected chi connectivity index (χ1v) is 3.76. The Bertz CT molecular complexity index is 106. The normalized spacial score (nSPS) is 28.8. The van der Waals surface area contributed by atoms with E-state index >= 15 is 0 Å². The van der Waals surface area contributed by atoms with E-state index in [9.17, 15) is 0 Å². The predicted octanol–water partition coefficient (Wildman–Crippen LogP) is 0.951. The maximum absolute atomic E-state index is 5.64. The minimum absolute atomic E-state index is 0. The van der Waals surface area contributed by atoms with Gasteiger partial charge in [-0.25, -0.2) is 0 Å². The maximum atomic E-state index is 5.64. The molecule has 2 nitrogen and oxygen atoms in total. The molecule has 0 aliphatic carbocycles. The monoisotopic (exact) mass is 163 g/mol. The molecule has 0 amide bonds. The Kier molecular flexibility index (Phi) is 2.55. The minimum atomic E-state index is 0. The van der Waals surface area contributed by atoms with E-state index in [0.717, 1.165) is 19.7 Å². The Morgan fingerprint density at radius 3 is 2.30 bits per heavy atom. The van der Waals surface area contributed by atoms with Crippen molar-refractivity contribution in [3.8, 4) is 0 Å². The Labute approximate surface area is 67.7 Å². The highest BCUT2D eigenvalue weighted by molar-refractivity contribution is 5.85. The third-order valence-corrected chi connectivity index (χ3v) is 2.33. The molecule has 2 heterocycles. The van der Waals surface area contributed by atoms with Crippen LogP contribution in [0.15, 0.2) is 0 Å². The summed E-state index contributed by atoms with van der Waals surface area (Å²) >= 11 is 0. The van der Waals surface area contributed by atoms with Crippen molar-refractivity contribution in [1.29, 1.82) is 0 Å². The Balaban J connectivity index is 0.000000500. The zero-order valence-corrected chi connectivity index (χ0v) is 6.88. The third kappa shape index (κ3) is 1.29. The average molecular weight is 164 g/mol. The van der Waals surface area contributed by atoms with E-state index in [4.69, 9.17) is 4.74 Å². The van der Waals surface area contributed by atoms with Crippen LogP contribution in [-0.4, -0.2) is 25.3 Å². The first-order valence-electron chi connectivity index (χ1n) is 3.76. The van der Waals surface area contributed by atoms with Gasteiger partial charge in [-0.15, -0.1) is 12.4 Å². The molecule has 10 heavy (non-hydrogen) atoms. The fourth-order valence-electron chi connectivity index (χ4n) is 1.59. The van der Waals surface area contributed by atoms with Gasteiger partial charge in [0.1, 0.15) is 0 Å². The number of ether oxygens (including phenoxy) is 1. The summed E-state index contributed by atoms with van der Waals surface area (Å²) in [6.45, 7) is 3.17. The standard InChI is InChI=1S/C7H13NO.ClH/c1-2-4-9-7(3-1)5-8-6-7;/h8H,1-6H2;1H. The first kappa shape index (κ1) is 8.31. The lowest BCUT2D eigenvalue weighted by atomic mass is 9.88. The first-order chi connectivity index (χ1) is 4.41. The van der Waals surface area contributed by atoms with E-state index in [0.29, 0.717) is 0 Å². The number of halogens is 1. The molecule has 0 saturated carbocycles. The molecule has 2 fully saturated rings. The molecule has 0 aromatic heterocycles. The second-order valence-electron chi connectivity index (χ2n) is 3.09. The Morgan fingerprint density at radius 1 is 1.20 bits per heavy atom. The lowest BCUT2D eigenvalue weighted by Crippen LogP contribution is -2.62. The fraction of sp³-hybridized carbons (Fsp3) is 1.00. The molecule has 0 bridgehead atoms. The van der Waals surface area contributed by atoms with E-state index in [1.54, 1.807) is 0 Å². The molecule has 0 radical (unpaired) electrons. The SMILES string of the molecule is C1CCC2(CNC2)OC1.Cl. The molecular formula is C7H14ClNO. The highest BCUT2D eigenvalue weighted by Crippen LogP contribution is 2.27. The zero-order valence-electron chi connectivity index (χ0n) is 6.06. The summed E-state index contributed by atoms with van der Waals surface area (Å²) in [4.78, 5) is 0. The lowest BCUT2D eigenvalue weighted by Gasteiger charge is -2.44. The molecule has 0 aromatic rings. The molecule has 2 rings (SSSR count). The number of hydrogen-bond acceptors (Lipinski definition) is 2. The molecule has 2 aliphatic heterocycles. The van der Waals surface area contributed by atoms with Crippen molar-refractivity contribution < 1.29 is 4.74 Å². The van der Waals surface area contributed by atoms with E-state index < -0.39 is 0 Å². The summed E-state index contributed by atoms with van der Waals surface area (Å²) in [5.74, 6) is 0. The van der Waals surface area contributed by atoms with Crippen molar-refractivity contribution in [2.45, 2.75) is 24.9 Å². The number of nitrogens with one attached hydrogen (secondary N) is 1. The molecular weight excluding hydrogens is 150 g/mol. The van der Waals surface area contributed by atoms with E-state index in [1.807, 2.05) is 0 Å². The van der Waals surface area contributed by atoms with E-state index in [-0.39, 0.29) is 18.0 Å². The minimum Gasteiger partial charge on any atom is -0.372 e. The van der Waals surface area contributed by atoms with Crippen molar-refractivity contribution >= 4 is 12.4 Å². The summed E-state index contributed by atoms with van der Waals surface area (Å²) in [6.07, 6.45) is 3.91. The zero-order chi connectivity index (χ0) is 6.16. The molecule has 0 unspecified atom stereocenters. The van der Waals surface area contributed by atoms with Gasteiger partial charge in [-0.3, -0.25) is 0 Å². The summed E-state index contributed by atoms with van der Waals surface area (Å²) < 4.78 is 5.64. The highest BCUT2D eigenvalue weighted by Gasteiger charge is 2.38. The molecule has 2 saturated heterocycles. The second kappa shape index (κ2) is 3.07. The van der Waals surface area contributed by atoms with Crippen molar-refractivity contribution in [3.05, 3.63) is 0 Å². The van der Waals surface area contributed by atoms with E-state index in [2.05, 4.69) is 5.32 Å². The molecule has 0 atom stereocenters. The largest absolute Gasteiger partial charge is 0.372 e. The van der Waals surface area contributed by atoms with Crippen LogP contribution < -0.4 is 5.32 Å². The second-order valence-corrected chi connectivity index (χ2v) is 3.09. The van der Waals surface area contributed by atoms with Gasteiger partial charge in [-0.1, -0.05) is 0 Å². The van der Waals surface area contributed by atoms with Crippen LogP contribution in [0.4, 0.5) is 0 Å². The topological polar surface area (TPSA) is 21.3 Å². The third-order valence-electron chi connectivity index (χ3n) is 2.33. The van der Waals surface area contributed by atoms with Crippen LogP contribution in [0.5, 0.6) is 0 Å².